The number of benzene rings is 2. The third-order valence-corrected chi connectivity index (χ3v) is 5.68. The van der Waals surface area contributed by atoms with Gasteiger partial charge < -0.3 is 14.7 Å². The molecule has 0 spiro atoms. The molecule has 5 heteroatoms. The first-order valence-electron chi connectivity index (χ1n) is 9.99. The number of amides is 1. The van der Waals surface area contributed by atoms with Crippen molar-refractivity contribution in [1.29, 1.82) is 0 Å². The van der Waals surface area contributed by atoms with Gasteiger partial charge in [0.15, 0.2) is 0 Å². The highest BCUT2D eigenvalue weighted by molar-refractivity contribution is 6.46. The van der Waals surface area contributed by atoms with Crippen LogP contribution >= 0.6 is 0 Å². The molecule has 0 aromatic heterocycles. The molecule has 0 unspecified atom stereocenters. The molecule has 2 aliphatic rings. The molecule has 5 nitrogen and oxygen atoms in total. The molecule has 2 atom stereocenters. The van der Waals surface area contributed by atoms with Crippen LogP contribution in [0.3, 0.4) is 0 Å². The van der Waals surface area contributed by atoms with Crippen LogP contribution in [0, 0.1) is 13.8 Å². The number of nitrogens with zero attached hydrogens (tertiary/aromatic N) is 1. The Kier molecular flexibility index (Phi) is 5.24. The molecule has 150 valence electrons. The van der Waals surface area contributed by atoms with Gasteiger partial charge in [0.25, 0.3) is 11.7 Å². The van der Waals surface area contributed by atoms with Gasteiger partial charge in [-0.2, -0.15) is 0 Å². The minimum absolute atomic E-state index is 0.0828. The normalized spacial score (nSPS) is 23.7. The Bertz CT molecular complexity index is 953. The summed E-state index contributed by atoms with van der Waals surface area (Å²) < 4.78 is 5.71. The molecular weight excluding hydrogens is 366 g/mol. The summed E-state index contributed by atoms with van der Waals surface area (Å²) in [4.78, 5) is 27.4. The zero-order valence-corrected chi connectivity index (χ0v) is 16.7. The number of aliphatic hydroxyl groups is 1. The van der Waals surface area contributed by atoms with Gasteiger partial charge in [0, 0.05) is 18.7 Å². The van der Waals surface area contributed by atoms with Gasteiger partial charge in [-0.25, -0.2) is 0 Å². The number of ether oxygens (including phenoxy) is 1. The first kappa shape index (κ1) is 19.4. The predicted octanol–water partition coefficient (Wildman–Crippen LogP) is 3.90. The highest BCUT2D eigenvalue weighted by atomic mass is 16.5. The van der Waals surface area contributed by atoms with Crippen LogP contribution < -0.4 is 0 Å². The van der Waals surface area contributed by atoms with Gasteiger partial charge in [0.2, 0.25) is 0 Å². The van der Waals surface area contributed by atoms with E-state index < -0.39 is 17.7 Å². The molecule has 2 aromatic carbocycles. The van der Waals surface area contributed by atoms with Crippen molar-refractivity contribution in [1.82, 2.24) is 4.90 Å². The van der Waals surface area contributed by atoms with Crippen LogP contribution in [0.2, 0.25) is 0 Å². The van der Waals surface area contributed by atoms with Crippen LogP contribution in [0.4, 0.5) is 0 Å². The minimum Gasteiger partial charge on any atom is -0.507 e. The Morgan fingerprint density at radius 1 is 1.03 bits per heavy atom. The fourth-order valence-corrected chi connectivity index (χ4v) is 4.04. The number of aliphatic hydroxyl groups excluding tert-OH is 1. The number of Topliss-reactive ketones (excluding diaryl/α,β-unsaturated/α-hetero) is 1. The SMILES string of the molecule is Cc1ccc(C(O)=C2C(=O)C(=O)N(C[C@@H]3CCCO3)[C@@H]2c2ccc(C)cc2)cc1. The van der Waals surface area contributed by atoms with Crippen molar-refractivity contribution >= 4 is 17.4 Å². The maximum absolute atomic E-state index is 13.0. The molecule has 0 saturated carbocycles. The smallest absolute Gasteiger partial charge is 0.295 e. The summed E-state index contributed by atoms with van der Waals surface area (Å²) in [7, 11) is 0. The van der Waals surface area contributed by atoms with Crippen molar-refractivity contribution in [3.63, 3.8) is 0 Å². The third-order valence-electron chi connectivity index (χ3n) is 5.68. The number of carbonyl (C=O) groups excluding carboxylic acids is 2. The molecule has 29 heavy (non-hydrogen) atoms. The van der Waals surface area contributed by atoms with Gasteiger partial charge in [0.1, 0.15) is 5.76 Å². The maximum Gasteiger partial charge on any atom is 0.295 e. The van der Waals surface area contributed by atoms with E-state index in [9.17, 15) is 14.7 Å². The van der Waals surface area contributed by atoms with Crippen LogP contribution in [-0.2, 0) is 14.3 Å². The number of carbonyl (C=O) groups is 2. The van der Waals surface area contributed by atoms with Crippen molar-refractivity contribution in [3.05, 3.63) is 76.4 Å². The summed E-state index contributed by atoms with van der Waals surface area (Å²) in [6.07, 6.45) is 1.73. The molecule has 0 bridgehead atoms. The van der Waals surface area contributed by atoms with Gasteiger partial charge in [-0.05, 0) is 32.3 Å². The summed E-state index contributed by atoms with van der Waals surface area (Å²) in [5.74, 6) is -1.37. The van der Waals surface area contributed by atoms with Gasteiger partial charge >= 0.3 is 0 Å². The van der Waals surface area contributed by atoms with Gasteiger partial charge in [0.05, 0.1) is 17.7 Å². The number of likely N-dealkylation sites (tertiary alicyclic amines) is 1. The van der Waals surface area contributed by atoms with E-state index in [1.165, 1.54) is 0 Å². The lowest BCUT2D eigenvalue weighted by atomic mass is 9.94. The van der Waals surface area contributed by atoms with Crippen LogP contribution in [0.5, 0.6) is 0 Å². The molecule has 1 N–H and O–H groups in total. The average molecular weight is 391 g/mol. The molecule has 2 aliphatic heterocycles. The second-order valence-corrected chi connectivity index (χ2v) is 7.86. The first-order valence-corrected chi connectivity index (χ1v) is 9.99. The van der Waals surface area contributed by atoms with Crippen molar-refractivity contribution in [2.45, 2.75) is 38.8 Å². The Labute approximate surface area is 170 Å². The van der Waals surface area contributed by atoms with Gasteiger partial charge in [-0.3, -0.25) is 9.59 Å². The lowest BCUT2D eigenvalue weighted by Gasteiger charge is -2.27. The topological polar surface area (TPSA) is 66.8 Å². The van der Waals surface area contributed by atoms with E-state index in [4.69, 9.17) is 4.74 Å². The molecule has 4 rings (SSSR count). The Morgan fingerprint density at radius 3 is 2.24 bits per heavy atom. The summed E-state index contributed by atoms with van der Waals surface area (Å²) in [6, 6.07) is 14.4. The largest absolute Gasteiger partial charge is 0.507 e. The van der Waals surface area contributed by atoms with E-state index in [1.807, 2.05) is 50.2 Å². The van der Waals surface area contributed by atoms with E-state index >= 15 is 0 Å². The quantitative estimate of drug-likeness (QED) is 0.488. The van der Waals surface area contributed by atoms with Crippen LogP contribution in [0.15, 0.2) is 54.1 Å². The van der Waals surface area contributed by atoms with Crippen LogP contribution in [-0.4, -0.2) is 41.0 Å². The van der Waals surface area contributed by atoms with Crippen molar-refractivity contribution in [2.24, 2.45) is 0 Å². The molecule has 2 aromatic rings. The summed E-state index contributed by atoms with van der Waals surface area (Å²) in [6.45, 7) is 4.96. The number of hydrogen-bond donors (Lipinski definition) is 1. The molecule has 2 heterocycles. The number of ketones is 1. The average Bonchev–Trinajstić information content (AvgIpc) is 3.31. The molecular formula is C24H25NO4. The van der Waals surface area contributed by atoms with Crippen molar-refractivity contribution in [3.8, 4) is 0 Å². The van der Waals surface area contributed by atoms with E-state index in [0.29, 0.717) is 18.7 Å². The predicted molar refractivity (Wildman–Crippen MR) is 110 cm³/mol. The summed E-state index contributed by atoms with van der Waals surface area (Å²) >= 11 is 0. The highest BCUT2D eigenvalue weighted by Crippen LogP contribution is 2.40. The number of rotatable bonds is 4. The van der Waals surface area contributed by atoms with E-state index in [0.717, 1.165) is 29.5 Å². The first-order chi connectivity index (χ1) is 14.0. The highest BCUT2D eigenvalue weighted by Gasteiger charge is 2.46. The Hall–Kier alpha value is -2.92. The molecule has 0 radical (unpaired) electrons. The standard InChI is InChI=1S/C24H25NO4/c1-15-5-9-17(10-6-15)21-20(22(26)18-11-7-16(2)8-12-18)23(27)24(28)25(21)14-19-4-3-13-29-19/h5-12,19,21,26H,3-4,13-14H2,1-2H3/t19-,21+/m0/s1. The minimum atomic E-state index is -0.647. The monoisotopic (exact) mass is 391 g/mol. The third kappa shape index (κ3) is 3.70. The van der Waals surface area contributed by atoms with Gasteiger partial charge in [-0.1, -0.05) is 59.7 Å². The van der Waals surface area contributed by atoms with Crippen molar-refractivity contribution in [2.75, 3.05) is 13.2 Å². The second kappa shape index (κ2) is 7.84. The zero-order chi connectivity index (χ0) is 20.5. The number of aryl methyl sites for hydroxylation is 2. The van der Waals surface area contributed by atoms with Crippen LogP contribution in [0.1, 0.15) is 41.1 Å². The fraction of sp³-hybridized carbons (Fsp3) is 0.333. The summed E-state index contributed by atoms with van der Waals surface area (Å²) in [5, 5.41) is 11.0. The summed E-state index contributed by atoms with van der Waals surface area (Å²) in [5.41, 5.74) is 3.61. The Balaban J connectivity index is 1.81. The zero-order valence-electron chi connectivity index (χ0n) is 16.7. The molecule has 1 amide bonds. The van der Waals surface area contributed by atoms with E-state index in [-0.39, 0.29) is 17.4 Å². The van der Waals surface area contributed by atoms with Crippen molar-refractivity contribution < 1.29 is 19.4 Å². The second-order valence-electron chi connectivity index (χ2n) is 7.86. The molecule has 0 aliphatic carbocycles. The maximum atomic E-state index is 13.0. The fourth-order valence-electron chi connectivity index (χ4n) is 4.04. The Morgan fingerprint density at radius 2 is 1.66 bits per heavy atom. The number of hydrogen-bond acceptors (Lipinski definition) is 4. The molecule has 2 saturated heterocycles. The van der Waals surface area contributed by atoms with Crippen LogP contribution in [0.25, 0.3) is 5.76 Å². The lowest BCUT2D eigenvalue weighted by molar-refractivity contribution is -0.140. The molecule has 2 fully saturated rings. The van der Waals surface area contributed by atoms with E-state index in [1.54, 1.807) is 17.0 Å². The van der Waals surface area contributed by atoms with E-state index in [2.05, 4.69) is 0 Å². The van der Waals surface area contributed by atoms with Gasteiger partial charge in [-0.15, -0.1) is 0 Å². The lowest BCUT2D eigenvalue weighted by Crippen LogP contribution is -2.36.